The highest BCUT2D eigenvalue weighted by Gasteiger charge is 2.06. The summed E-state index contributed by atoms with van der Waals surface area (Å²) in [7, 11) is 0. The minimum Gasteiger partial charge on any atom is -0.298 e. The van der Waals surface area contributed by atoms with Crippen molar-refractivity contribution in [3.63, 3.8) is 0 Å². The van der Waals surface area contributed by atoms with Gasteiger partial charge in [0.2, 0.25) is 5.91 Å². The van der Waals surface area contributed by atoms with Crippen molar-refractivity contribution in [1.29, 1.82) is 0 Å². The number of halogens is 3. The van der Waals surface area contributed by atoms with Crippen LogP contribution in [0.25, 0.3) is 6.08 Å². The molecule has 1 heterocycles. The zero-order chi connectivity index (χ0) is 18.5. The van der Waals surface area contributed by atoms with Crippen LogP contribution in [0.3, 0.4) is 0 Å². The first-order chi connectivity index (χ1) is 12.5. The fourth-order valence-electron chi connectivity index (χ4n) is 2.21. The smallest absolute Gasteiger partial charge is 0.250 e. The zero-order valence-corrected chi connectivity index (χ0v) is 17.3. The number of aromatic nitrogens is 1. The van der Waals surface area contributed by atoms with E-state index in [1.165, 1.54) is 23.0 Å². The van der Waals surface area contributed by atoms with Gasteiger partial charge in [0.1, 0.15) is 0 Å². The molecule has 3 aromatic rings. The molecule has 0 saturated heterocycles. The fraction of sp³-hybridized carbons (Fsp3) is 0.0526. The molecule has 3 rings (SSSR count). The molecule has 7 heteroatoms. The Bertz CT molecular complexity index is 954. The molecule has 0 unspecified atom stereocenters. The van der Waals surface area contributed by atoms with Crippen LogP contribution in [-0.2, 0) is 11.2 Å². The minimum absolute atomic E-state index is 0.273. The largest absolute Gasteiger partial charge is 0.298 e. The molecule has 0 radical (unpaired) electrons. The van der Waals surface area contributed by atoms with Gasteiger partial charge >= 0.3 is 0 Å². The molecule has 0 aliphatic rings. The number of benzene rings is 2. The summed E-state index contributed by atoms with van der Waals surface area (Å²) in [5, 5.41) is 4.41. The second-order valence-corrected chi connectivity index (χ2v) is 8.30. The number of thiazole rings is 1. The van der Waals surface area contributed by atoms with Gasteiger partial charge in [-0.2, -0.15) is 0 Å². The third kappa shape index (κ3) is 5.42. The summed E-state index contributed by atoms with van der Waals surface area (Å²) < 4.78 is 1.05. The van der Waals surface area contributed by atoms with Crippen LogP contribution in [0.2, 0.25) is 10.0 Å². The highest BCUT2D eigenvalue weighted by atomic mass is 79.9. The average molecular weight is 468 g/mol. The number of anilines is 1. The third-order valence-electron chi connectivity index (χ3n) is 3.45. The monoisotopic (exact) mass is 466 g/mol. The Morgan fingerprint density at radius 1 is 1.19 bits per heavy atom. The standard InChI is InChI=1S/C19H13BrCl2N2OS/c20-14-4-1-12(2-5-14)9-16-11-23-19(26-16)24-18(25)8-3-13-10-15(21)6-7-17(13)22/h1-8,10-11H,9H2,(H,23,24,25)/b8-3+. The van der Waals surface area contributed by atoms with Crippen molar-refractivity contribution in [2.24, 2.45) is 0 Å². The normalized spacial score (nSPS) is 11.0. The SMILES string of the molecule is O=C(/C=C/c1cc(Cl)ccc1Cl)Nc1ncc(Cc2ccc(Br)cc2)s1. The lowest BCUT2D eigenvalue weighted by Gasteiger charge is -2.00. The number of rotatable bonds is 5. The zero-order valence-electron chi connectivity index (χ0n) is 13.4. The van der Waals surface area contributed by atoms with Crippen molar-refractivity contribution in [2.45, 2.75) is 6.42 Å². The van der Waals surface area contributed by atoms with E-state index in [2.05, 4.69) is 38.4 Å². The predicted octanol–water partition coefficient (Wildman–Crippen LogP) is 6.46. The summed E-state index contributed by atoms with van der Waals surface area (Å²) in [6, 6.07) is 13.2. The van der Waals surface area contributed by atoms with Gasteiger partial charge in [-0.1, -0.05) is 51.3 Å². The van der Waals surface area contributed by atoms with Crippen LogP contribution in [-0.4, -0.2) is 10.9 Å². The van der Waals surface area contributed by atoms with E-state index in [0.29, 0.717) is 20.7 Å². The van der Waals surface area contributed by atoms with Crippen LogP contribution < -0.4 is 5.32 Å². The van der Waals surface area contributed by atoms with Gasteiger partial charge in [-0.25, -0.2) is 4.98 Å². The van der Waals surface area contributed by atoms with E-state index in [-0.39, 0.29) is 5.91 Å². The Balaban J connectivity index is 1.61. The van der Waals surface area contributed by atoms with Gasteiger partial charge in [-0.3, -0.25) is 10.1 Å². The lowest BCUT2D eigenvalue weighted by Crippen LogP contribution is -2.07. The highest BCUT2D eigenvalue weighted by Crippen LogP contribution is 2.23. The lowest BCUT2D eigenvalue weighted by molar-refractivity contribution is -0.111. The molecule has 0 aliphatic carbocycles. The van der Waals surface area contributed by atoms with Crippen LogP contribution >= 0.6 is 50.5 Å². The molecule has 0 atom stereocenters. The molecule has 0 spiro atoms. The first-order valence-electron chi connectivity index (χ1n) is 7.63. The summed E-state index contributed by atoms with van der Waals surface area (Å²) in [6.45, 7) is 0. The number of hydrogen-bond donors (Lipinski definition) is 1. The second-order valence-electron chi connectivity index (χ2n) is 5.42. The molecule has 3 nitrogen and oxygen atoms in total. The molecule has 0 bridgehead atoms. The molecule has 132 valence electrons. The maximum absolute atomic E-state index is 12.1. The van der Waals surface area contributed by atoms with Crippen LogP contribution in [0, 0.1) is 0 Å². The Labute approximate surface area is 173 Å². The molecule has 0 fully saturated rings. The molecule has 0 saturated carbocycles. The van der Waals surface area contributed by atoms with Crippen LogP contribution in [0.1, 0.15) is 16.0 Å². The first-order valence-corrected chi connectivity index (χ1v) is 9.99. The van der Waals surface area contributed by atoms with Crippen molar-refractivity contribution in [2.75, 3.05) is 5.32 Å². The lowest BCUT2D eigenvalue weighted by atomic mass is 10.1. The van der Waals surface area contributed by atoms with Gasteiger partial charge in [-0.15, -0.1) is 11.3 Å². The van der Waals surface area contributed by atoms with Crippen molar-refractivity contribution in [1.82, 2.24) is 4.98 Å². The molecule has 2 aromatic carbocycles. The van der Waals surface area contributed by atoms with E-state index in [0.717, 1.165) is 15.8 Å². The minimum atomic E-state index is -0.273. The quantitative estimate of drug-likeness (QED) is 0.437. The summed E-state index contributed by atoms with van der Waals surface area (Å²) in [5.74, 6) is -0.273. The van der Waals surface area contributed by atoms with Gasteiger partial charge in [0.25, 0.3) is 0 Å². The summed E-state index contributed by atoms with van der Waals surface area (Å²) in [5.41, 5.74) is 1.87. The van der Waals surface area contributed by atoms with E-state index in [4.69, 9.17) is 23.2 Å². The number of nitrogens with one attached hydrogen (secondary N) is 1. The number of hydrogen-bond acceptors (Lipinski definition) is 3. The van der Waals surface area contributed by atoms with Gasteiger partial charge in [0.15, 0.2) is 5.13 Å². The van der Waals surface area contributed by atoms with Crippen LogP contribution in [0.5, 0.6) is 0 Å². The highest BCUT2D eigenvalue weighted by molar-refractivity contribution is 9.10. The van der Waals surface area contributed by atoms with E-state index < -0.39 is 0 Å². The number of amides is 1. The first kappa shape index (κ1) is 19.1. The predicted molar refractivity (Wildman–Crippen MR) is 113 cm³/mol. The molecular formula is C19H13BrCl2N2OS. The van der Waals surface area contributed by atoms with E-state index in [9.17, 15) is 4.79 Å². The van der Waals surface area contributed by atoms with Crippen molar-refractivity contribution in [3.05, 3.63) is 85.3 Å². The Hall–Kier alpha value is -1.66. The number of nitrogens with zero attached hydrogens (tertiary/aromatic N) is 1. The molecule has 1 N–H and O–H groups in total. The summed E-state index contributed by atoms with van der Waals surface area (Å²) >= 11 is 16.9. The van der Waals surface area contributed by atoms with Crippen molar-refractivity contribution < 1.29 is 4.79 Å². The summed E-state index contributed by atoms with van der Waals surface area (Å²) in [6.07, 6.45) is 5.59. The van der Waals surface area contributed by atoms with Crippen LogP contribution in [0.4, 0.5) is 5.13 Å². The molecular weight excluding hydrogens is 455 g/mol. The second kappa shape index (κ2) is 8.82. The maximum atomic E-state index is 12.1. The fourth-order valence-corrected chi connectivity index (χ4v) is 3.68. The van der Waals surface area contributed by atoms with Crippen molar-refractivity contribution in [3.8, 4) is 0 Å². The maximum Gasteiger partial charge on any atom is 0.250 e. The summed E-state index contributed by atoms with van der Waals surface area (Å²) in [4.78, 5) is 17.4. The van der Waals surface area contributed by atoms with Gasteiger partial charge in [-0.05, 0) is 47.5 Å². The number of carbonyl (C=O) groups excluding carboxylic acids is 1. The Morgan fingerprint density at radius 3 is 2.73 bits per heavy atom. The molecule has 0 aliphatic heterocycles. The van der Waals surface area contributed by atoms with Crippen LogP contribution in [0.15, 0.2) is 59.2 Å². The molecule has 26 heavy (non-hydrogen) atoms. The van der Waals surface area contributed by atoms with Gasteiger partial charge < -0.3 is 0 Å². The third-order valence-corrected chi connectivity index (χ3v) is 5.47. The van der Waals surface area contributed by atoms with Gasteiger partial charge in [0, 0.05) is 38.1 Å². The topological polar surface area (TPSA) is 42.0 Å². The van der Waals surface area contributed by atoms with E-state index >= 15 is 0 Å². The van der Waals surface area contributed by atoms with E-state index in [1.54, 1.807) is 30.5 Å². The van der Waals surface area contributed by atoms with E-state index in [1.807, 2.05) is 12.1 Å². The average Bonchev–Trinajstić information content (AvgIpc) is 3.04. The molecule has 1 aromatic heterocycles. The van der Waals surface area contributed by atoms with Crippen molar-refractivity contribution >= 4 is 67.6 Å². The Kier molecular flexibility index (Phi) is 6.48. The Morgan fingerprint density at radius 2 is 1.96 bits per heavy atom. The number of carbonyl (C=O) groups is 1. The van der Waals surface area contributed by atoms with Gasteiger partial charge in [0.05, 0.1) is 0 Å². The molecule has 1 amide bonds.